The van der Waals surface area contributed by atoms with E-state index in [-0.39, 0.29) is 0 Å². The van der Waals surface area contributed by atoms with Gasteiger partial charge < -0.3 is 19.1 Å². The summed E-state index contributed by atoms with van der Waals surface area (Å²) in [5.41, 5.74) is 2.85. The van der Waals surface area contributed by atoms with Crippen LogP contribution in [0.5, 0.6) is 11.5 Å². The number of rotatable bonds is 4. The number of hydrogen-bond acceptors (Lipinski definition) is 8. The van der Waals surface area contributed by atoms with Crippen molar-refractivity contribution in [3.05, 3.63) is 30.7 Å². The minimum Gasteiger partial charge on any atom is -0.493 e. The van der Waals surface area contributed by atoms with Crippen LogP contribution in [-0.2, 0) is 4.74 Å². The molecule has 0 atom stereocenters. The van der Waals surface area contributed by atoms with Gasteiger partial charge in [0.2, 0.25) is 0 Å². The molecule has 0 radical (unpaired) electrons. The van der Waals surface area contributed by atoms with Crippen molar-refractivity contribution in [1.82, 2.24) is 19.9 Å². The monoisotopic (exact) mass is 353 g/mol. The summed E-state index contributed by atoms with van der Waals surface area (Å²) in [6.07, 6.45) is 3.26. The van der Waals surface area contributed by atoms with Crippen LogP contribution in [0.4, 0.5) is 5.82 Å². The van der Waals surface area contributed by atoms with Gasteiger partial charge in [-0.25, -0.2) is 19.9 Å². The van der Waals surface area contributed by atoms with Crippen LogP contribution in [-0.4, -0.2) is 60.5 Å². The van der Waals surface area contributed by atoms with Crippen molar-refractivity contribution in [2.24, 2.45) is 0 Å². The van der Waals surface area contributed by atoms with Crippen molar-refractivity contribution in [2.75, 3.05) is 45.4 Å². The molecule has 4 rings (SSSR count). The fraction of sp³-hybridized carbons (Fsp3) is 0.333. The van der Waals surface area contributed by atoms with Crippen molar-refractivity contribution < 1.29 is 14.2 Å². The second kappa shape index (κ2) is 7.09. The zero-order chi connectivity index (χ0) is 17.9. The number of benzene rings is 1. The lowest BCUT2D eigenvalue weighted by molar-refractivity contribution is 0.122. The van der Waals surface area contributed by atoms with Gasteiger partial charge in [-0.05, 0) is 18.2 Å². The molecule has 0 unspecified atom stereocenters. The van der Waals surface area contributed by atoms with Gasteiger partial charge in [-0.1, -0.05) is 0 Å². The highest BCUT2D eigenvalue weighted by Crippen LogP contribution is 2.32. The zero-order valence-corrected chi connectivity index (χ0v) is 14.7. The van der Waals surface area contributed by atoms with Gasteiger partial charge in [0.05, 0.1) is 39.3 Å². The molecule has 134 valence electrons. The number of anilines is 1. The van der Waals surface area contributed by atoms with Crippen molar-refractivity contribution in [3.8, 4) is 22.8 Å². The number of fused-ring (bicyclic) bond motifs is 1. The van der Waals surface area contributed by atoms with E-state index < -0.39 is 0 Å². The van der Waals surface area contributed by atoms with Crippen LogP contribution in [0.25, 0.3) is 22.4 Å². The Hall–Kier alpha value is -3.00. The Kier molecular flexibility index (Phi) is 4.49. The smallest absolute Gasteiger partial charge is 0.184 e. The van der Waals surface area contributed by atoms with Crippen LogP contribution in [0.1, 0.15) is 0 Å². The molecule has 8 nitrogen and oxygen atoms in total. The third-order valence-electron chi connectivity index (χ3n) is 4.32. The van der Waals surface area contributed by atoms with Gasteiger partial charge in [0.15, 0.2) is 28.5 Å². The second-order valence-electron chi connectivity index (χ2n) is 5.79. The molecule has 8 heteroatoms. The molecule has 0 N–H and O–H groups in total. The molecule has 3 aromatic rings. The zero-order valence-electron chi connectivity index (χ0n) is 14.7. The first-order chi connectivity index (χ1) is 12.8. The van der Waals surface area contributed by atoms with E-state index in [1.807, 2.05) is 18.2 Å². The fourth-order valence-electron chi connectivity index (χ4n) is 2.97. The summed E-state index contributed by atoms with van der Waals surface area (Å²) >= 11 is 0. The van der Waals surface area contributed by atoms with Crippen molar-refractivity contribution in [3.63, 3.8) is 0 Å². The predicted octanol–water partition coefficient (Wildman–Crippen LogP) is 1.94. The van der Waals surface area contributed by atoms with Gasteiger partial charge >= 0.3 is 0 Å². The molecule has 0 bridgehead atoms. The van der Waals surface area contributed by atoms with E-state index in [0.29, 0.717) is 41.6 Å². The van der Waals surface area contributed by atoms with E-state index in [1.54, 1.807) is 20.4 Å². The van der Waals surface area contributed by atoms with E-state index in [4.69, 9.17) is 14.2 Å². The van der Waals surface area contributed by atoms with E-state index in [9.17, 15) is 0 Å². The maximum atomic E-state index is 5.41. The minimum absolute atomic E-state index is 0.564. The molecule has 26 heavy (non-hydrogen) atoms. The van der Waals surface area contributed by atoms with E-state index in [0.717, 1.165) is 24.5 Å². The summed E-state index contributed by atoms with van der Waals surface area (Å²) in [5, 5.41) is 0. The topological polar surface area (TPSA) is 82.5 Å². The Labute approximate surface area is 150 Å². The highest BCUT2D eigenvalue weighted by Gasteiger charge is 2.18. The highest BCUT2D eigenvalue weighted by atomic mass is 16.5. The van der Waals surface area contributed by atoms with Gasteiger partial charge in [-0.3, -0.25) is 0 Å². The first kappa shape index (κ1) is 16.5. The Morgan fingerprint density at radius 3 is 2.58 bits per heavy atom. The number of ether oxygens (including phenoxy) is 3. The summed E-state index contributed by atoms with van der Waals surface area (Å²) in [7, 11) is 3.22. The van der Waals surface area contributed by atoms with Crippen LogP contribution in [0.2, 0.25) is 0 Å². The van der Waals surface area contributed by atoms with Crippen LogP contribution >= 0.6 is 0 Å². The summed E-state index contributed by atoms with van der Waals surface area (Å²) in [6, 6.07) is 5.64. The normalized spacial score (nSPS) is 14.5. The molecule has 0 amide bonds. The molecule has 1 aromatic carbocycles. The predicted molar refractivity (Wildman–Crippen MR) is 96.7 cm³/mol. The molecule has 1 fully saturated rings. The average molecular weight is 353 g/mol. The lowest BCUT2D eigenvalue weighted by atomic mass is 10.1. The second-order valence-corrected chi connectivity index (χ2v) is 5.79. The molecule has 0 spiro atoms. The Morgan fingerprint density at radius 1 is 1.00 bits per heavy atom. The van der Waals surface area contributed by atoms with E-state index in [1.165, 1.54) is 6.33 Å². The fourth-order valence-corrected chi connectivity index (χ4v) is 2.97. The summed E-state index contributed by atoms with van der Waals surface area (Å²) < 4.78 is 16.1. The van der Waals surface area contributed by atoms with E-state index >= 15 is 0 Å². The number of hydrogen-bond donors (Lipinski definition) is 0. The molecule has 0 aliphatic carbocycles. The van der Waals surface area contributed by atoms with Crippen LogP contribution < -0.4 is 14.4 Å². The van der Waals surface area contributed by atoms with Gasteiger partial charge in [0.1, 0.15) is 6.33 Å². The van der Waals surface area contributed by atoms with Crippen LogP contribution in [0.15, 0.2) is 30.7 Å². The molecule has 3 heterocycles. The first-order valence-electron chi connectivity index (χ1n) is 8.33. The molecule has 2 aromatic heterocycles. The lowest BCUT2D eigenvalue weighted by Crippen LogP contribution is -2.37. The molecule has 1 aliphatic heterocycles. The largest absolute Gasteiger partial charge is 0.493 e. The summed E-state index contributed by atoms with van der Waals surface area (Å²) in [5.74, 6) is 2.11. The van der Waals surface area contributed by atoms with Crippen molar-refractivity contribution in [2.45, 2.75) is 0 Å². The third-order valence-corrected chi connectivity index (χ3v) is 4.32. The average Bonchev–Trinajstić information content (AvgIpc) is 2.73. The van der Waals surface area contributed by atoms with Gasteiger partial charge in [-0.15, -0.1) is 0 Å². The number of aromatic nitrogens is 4. The van der Waals surface area contributed by atoms with Crippen molar-refractivity contribution in [1.29, 1.82) is 0 Å². The first-order valence-corrected chi connectivity index (χ1v) is 8.33. The van der Waals surface area contributed by atoms with Crippen molar-refractivity contribution >= 4 is 17.0 Å². The Bertz CT molecular complexity index is 928. The lowest BCUT2D eigenvalue weighted by Gasteiger charge is -2.27. The highest BCUT2D eigenvalue weighted by molar-refractivity contribution is 5.84. The standard InChI is InChI=1S/C18H19N5O3/c1-24-14-4-3-12(9-15(14)25-2)13-10-19-16-17(22-13)20-11-21-18(16)23-5-7-26-8-6-23/h3-4,9-11H,5-8H2,1-2H3. The Morgan fingerprint density at radius 2 is 1.81 bits per heavy atom. The molecular formula is C18H19N5O3. The number of methoxy groups -OCH3 is 2. The minimum atomic E-state index is 0.564. The molecular weight excluding hydrogens is 334 g/mol. The molecule has 0 saturated carbocycles. The van der Waals surface area contributed by atoms with Crippen LogP contribution in [0, 0.1) is 0 Å². The number of nitrogens with zero attached hydrogens (tertiary/aromatic N) is 5. The van der Waals surface area contributed by atoms with Gasteiger partial charge in [-0.2, -0.15) is 0 Å². The quantitative estimate of drug-likeness (QED) is 0.704. The SMILES string of the molecule is COc1ccc(-c2cnc3c(N4CCOCC4)ncnc3n2)cc1OC. The summed E-state index contributed by atoms with van der Waals surface area (Å²) in [6.45, 7) is 2.93. The Balaban J connectivity index is 1.74. The maximum Gasteiger partial charge on any atom is 0.184 e. The maximum absolute atomic E-state index is 5.41. The van der Waals surface area contributed by atoms with Crippen LogP contribution in [0.3, 0.4) is 0 Å². The molecule has 1 saturated heterocycles. The third kappa shape index (κ3) is 2.99. The van der Waals surface area contributed by atoms with Gasteiger partial charge in [0, 0.05) is 18.7 Å². The van der Waals surface area contributed by atoms with E-state index in [2.05, 4.69) is 24.8 Å². The summed E-state index contributed by atoms with van der Waals surface area (Å²) in [4.78, 5) is 20.1. The molecule has 1 aliphatic rings. The number of morpholine rings is 1. The van der Waals surface area contributed by atoms with Gasteiger partial charge in [0.25, 0.3) is 0 Å².